The average molecular weight is 1030 g/mol. The summed E-state index contributed by atoms with van der Waals surface area (Å²) in [4.78, 5) is 15.3. The molecule has 10 aromatic carbocycles. The molecule has 2 aliphatic rings. The van der Waals surface area contributed by atoms with Crippen molar-refractivity contribution in [2.24, 2.45) is 0 Å². The Morgan fingerprint density at radius 2 is 1.06 bits per heavy atom. The predicted octanol–water partition coefficient (Wildman–Crippen LogP) is 20.3. The van der Waals surface area contributed by atoms with Gasteiger partial charge in [-0.15, -0.1) is 0 Å². The number of rotatable bonds is 12. The first-order valence-corrected chi connectivity index (χ1v) is 28.0. The predicted molar refractivity (Wildman–Crippen MR) is 338 cm³/mol. The molecule has 80 heavy (non-hydrogen) atoms. The molecular formula is C76H58N4. The molecule has 14 rings (SSSR count). The van der Waals surface area contributed by atoms with Crippen molar-refractivity contribution in [3.05, 3.63) is 313 Å². The fourth-order valence-corrected chi connectivity index (χ4v) is 12.2. The minimum Gasteiger partial charge on any atom is -0.299 e. The fourth-order valence-electron chi connectivity index (χ4n) is 12.2. The van der Waals surface area contributed by atoms with Crippen LogP contribution in [0.4, 0.5) is 23.0 Å². The van der Waals surface area contributed by atoms with E-state index in [1.165, 1.54) is 87.5 Å². The van der Waals surface area contributed by atoms with Crippen molar-refractivity contribution in [1.82, 2.24) is 9.97 Å². The molecule has 0 aliphatic heterocycles. The highest BCUT2D eigenvalue weighted by atomic mass is 15.2. The summed E-state index contributed by atoms with van der Waals surface area (Å²) < 4.78 is 0. The second kappa shape index (κ2) is 21.1. The highest BCUT2D eigenvalue weighted by Gasteiger charge is 2.22. The lowest BCUT2D eigenvalue weighted by Gasteiger charge is -2.29. The van der Waals surface area contributed by atoms with Gasteiger partial charge >= 0.3 is 0 Å². The molecule has 12 aromatic rings. The molecule has 4 heteroatoms. The number of hydrogen-bond donors (Lipinski definition) is 0. The minimum atomic E-state index is 0.169. The van der Waals surface area contributed by atoms with E-state index in [9.17, 15) is 0 Å². The van der Waals surface area contributed by atoms with E-state index in [-0.39, 0.29) is 5.92 Å². The van der Waals surface area contributed by atoms with Crippen molar-refractivity contribution in [2.75, 3.05) is 9.80 Å². The largest absolute Gasteiger partial charge is 0.299 e. The number of nitrogens with zero attached hydrogens (tertiary/aromatic N) is 4. The summed E-state index contributed by atoms with van der Waals surface area (Å²) in [7, 11) is 0. The number of aromatic nitrogens is 2. The average Bonchev–Trinajstić information content (AvgIpc) is 3.64. The van der Waals surface area contributed by atoms with E-state index in [4.69, 9.17) is 9.97 Å². The Hall–Kier alpha value is -9.90. The number of fused-ring (bicyclic) bond motifs is 7. The van der Waals surface area contributed by atoms with Gasteiger partial charge in [-0.1, -0.05) is 218 Å². The standard InChI is InChI=1S/C76H58N4/c1-52(54-19-6-2-7-20-54)79(64-25-10-4-11-26-64)75-33-17-30-72(77-75)62-41-45-68-59(50-62)37-36-57-47-53(35-43-66(57)68)48-71(56-21-8-3-9-22-56)61-40-44-67-58(49-61)38-39-60-51-63(42-46-69(60)67)73-31-18-34-76(78-73)80(65-27-12-5-13-28-65)74-32-16-24-55-23-14-15-29-70(55)74/h2-3,5-10,12-19,21-47,49-51,71H,4,11,20,48H2,1H3/b54-52+. The zero-order chi connectivity index (χ0) is 53.4. The second-order valence-corrected chi connectivity index (χ2v) is 21.2. The van der Waals surface area contributed by atoms with E-state index < -0.39 is 0 Å². The summed E-state index contributed by atoms with van der Waals surface area (Å²) in [6.07, 6.45) is 19.4. The van der Waals surface area contributed by atoms with Crippen LogP contribution in [0.2, 0.25) is 0 Å². The molecule has 2 aromatic heterocycles. The number of pyridine rings is 2. The molecule has 0 N–H and O–H groups in total. The molecule has 0 radical (unpaired) electrons. The molecular weight excluding hydrogens is 969 g/mol. The monoisotopic (exact) mass is 1030 g/mol. The van der Waals surface area contributed by atoms with Gasteiger partial charge in [0.2, 0.25) is 0 Å². The van der Waals surface area contributed by atoms with Crippen molar-refractivity contribution >= 4 is 76.9 Å². The van der Waals surface area contributed by atoms with Gasteiger partial charge in [0.1, 0.15) is 11.6 Å². The second-order valence-electron chi connectivity index (χ2n) is 21.2. The van der Waals surface area contributed by atoms with Gasteiger partial charge in [-0.3, -0.25) is 9.80 Å². The van der Waals surface area contributed by atoms with E-state index in [0.29, 0.717) is 0 Å². The summed E-state index contributed by atoms with van der Waals surface area (Å²) in [6.45, 7) is 2.22. The Morgan fingerprint density at radius 1 is 0.450 bits per heavy atom. The van der Waals surface area contributed by atoms with Crippen LogP contribution in [0.15, 0.2) is 296 Å². The number of hydrogen-bond acceptors (Lipinski definition) is 4. The third kappa shape index (κ3) is 9.35. The third-order valence-electron chi connectivity index (χ3n) is 16.3. The first kappa shape index (κ1) is 48.5. The molecule has 4 nitrogen and oxygen atoms in total. The van der Waals surface area contributed by atoms with Gasteiger partial charge in [-0.05, 0) is 164 Å². The summed E-state index contributed by atoms with van der Waals surface area (Å²) in [5.41, 5.74) is 13.9. The summed E-state index contributed by atoms with van der Waals surface area (Å²) >= 11 is 0. The number of para-hydroxylation sites is 1. The molecule has 0 saturated carbocycles. The molecule has 0 amide bonds. The zero-order valence-electron chi connectivity index (χ0n) is 44.8. The first-order valence-electron chi connectivity index (χ1n) is 28.0. The van der Waals surface area contributed by atoms with Crippen molar-refractivity contribution in [2.45, 2.75) is 38.5 Å². The van der Waals surface area contributed by atoms with Crippen LogP contribution < -0.4 is 9.80 Å². The van der Waals surface area contributed by atoms with Gasteiger partial charge in [-0.2, -0.15) is 0 Å². The summed E-state index contributed by atoms with van der Waals surface area (Å²) in [6, 6.07) is 86.3. The minimum absolute atomic E-state index is 0.169. The van der Waals surface area contributed by atoms with Crippen LogP contribution in [0.5, 0.6) is 0 Å². The SMILES string of the molecule is C/C(=C1/C=CC=CC1)N(C1=CCCC=C1)c1cccc(-c2ccc3c(ccc4cc(CC(c5ccccc5)c5ccc6c(ccc7cc(-c8cccc(N(c9ccccc9)c9cccc%10ccccc9%10)n8)ccc76)c5)ccc43)c2)n1. The van der Waals surface area contributed by atoms with Gasteiger partial charge in [0.25, 0.3) is 0 Å². The lowest BCUT2D eigenvalue weighted by molar-refractivity contribution is 0.807. The van der Waals surface area contributed by atoms with E-state index in [2.05, 4.69) is 296 Å². The molecule has 382 valence electrons. The van der Waals surface area contributed by atoms with Crippen molar-refractivity contribution in [3.8, 4) is 22.5 Å². The van der Waals surface area contributed by atoms with E-state index in [0.717, 1.165) is 71.2 Å². The van der Waals surface area contributed by atoms with Crippen LogP contribution in [0.3, 0.4) is 0 Å². The molecule has 0 saturated heterocycles. The van der Waals surface area contributed by atoms with Crippen molar-refractivity contribution < 1.29 is 0 Å². The first-order chi connectivity index (χ1) is 39.6. The molecule has 0 spiro atoms. The molecule has 0 bridgehead atoms. The normalized spacial score (nSPS) is 14.2. The number of anilines is 4. The lowest BCUT2D eigenvalue weighted by Crippen LogP contribution is -2.22. The van der Waals surface area contributed by atoms with Crippen LogP contribution in [-0.2, 0) is 6.42 Å². The van der Waals surface area contributed by atoms with Crippen LogP contribution >= 0.6 is 0 Å². The van der Waals surface area contributed by atoms with Crippen LogP contribution in [-0.4, -0.2) is 9.97 Å². The molecule has 0 fully saturated rings. The molecule has 2 heterocycles. The van der Waals surface area contributed by atoms with Crippen LogP contribution in [0.25, 0.3) is 76.4 Å². The Morgan fingerprint density at radius 3 is 1.76 bits per heavy atom. The summed E-state index contributed by atoms with van der Waals surface area (Å²) in [5.74, 6) is 1.97. The zero-order valence-corrected chi connectivity index (χ0v) is 44.8. The molecule has 2 aliphatic carbocycles. The Bertz CT molecular complexity index is 4500. The van der Waals surface area contributed by atoms with Gasteiger partial charge < -0.3 is 0 Å². The fraction of sp³-hybridized carbons (Fsp3) is 0.0789. The number of allylic oxidation sites excluding steroid dienone is 9. The van der Waals surface area contributed by atoms with Crippen molar-refractivity contribution in [1.29, 1.82) is 0 Å². The highest BCUT2D eigenvalue weighted by molar-refractivity contribution is 6.10. The van der Waals surface area contributed by atoms with Gasteiger partial charge in [0.05, 0.1) is 17.1 Å². The van der Waals surface area contributed by atoms with E-state index in [1.54, 1.807) is 0 Å². The quantitative estimate of drug-likeness (QED) is 0.114. The van der Waals surface area contributed by atoms with Gasteiger partial charge in [0, 0.05) is 39.5 Å². The smallest absolute Gasteiger partial charge is 0.138 e. The van der Waals surface area contributed by atoms with Crippen LogP contribution in [0, 0.1) is 0 Å². The Labute approximate surface area is 468 Å². The van der Waals surface area contributed by atoms with Crippen LogP contribution in [0.1, 0.15) is 48.8 Å². The topological polar surface area (TPSA) is 32.3 Å². The van der Waals surface area contributed by atoms with E-state index >= 15 is 0 Å². The molecule has 1 unspecified atom stereocenters. The van der Waals surface area contributed by atoms with Gasteiger partial charge in [0.15, 0.2) is 0 Å². The van der Waals surface area contributed by atoms with Crippen molar-refractivity contribution in [3.63, 3.8) is 0 Å². The maximum Gasteiger partial charge on any atom is 0.138 e. The highest BCUT2D eigenvalue weighted by Crippen LogP contribution is 2.41. The number of benzene rings is 10. The van der Waals surface area contributed by atoms with E-state index in [1.807, 2.05) is 0 Å². The maximum atomic E-state index is 5.36. The Kier molecular flexibility index (Phi) is 12.8. The summed E-state index contributed by atoms with van der Waals surface area (Å²) in [5, 5.41) is 12.2. The third-order valence-corrected chi connectivity index (χ3v) is 16.3. The maximum absolute atomic E-state index is 5.36. The van der Waals surface area contributed by atoms with Gasteiger partial charge in [-0.25, -0.2) is 9.97 Å². The molecule has 1 atom stereocenters. The Balaban J connectivity index is 0.747. The lowest BCUT2D eigenvalue weighted by atomic mass is 9.84.